The fourth-order valence-electron chi connectivity index (χ4n) is 2.20. The normalized spacial score (nSPS) is 18.9. The summed E-state index contributed by atoms with van der Waals surface area (Å²) in [4.78, 5) is 13.2. The maximum atomic E-state index is 12.1. The molecule has 1 aliphatic carbocycles. The Morgan fingerprint density at radius 2 is 2.12 bits per heavy atom. The zero-order chi connectivity index (χ0) is 12.3. The van der Waals surface area contributed by atoms with Gasteiger partial charge in [-0.05, 0) is 40.9 Å². The first-order valence-electron chi connectivity index (χ1n) is 5.91. The van der Waals surface area contributed by atoms with Gasteiger partial charge < -0.3 is 11.1 Å². The van der Waals surface area contributed by atoms with Crippen LogP contribution >= 0.6 is 27.3 Å². The van der Waals surface area contributed by atoms with Gasteiger partial charge in [-0.15, -0.1) is 11.3 Å². The first-order chi connectivity index (χ1) is 8.10. The molecule has 3 N–H and O–H groups in total. The highest BCUT2D eigenvalue weighted by Gasteiger charge is 2.34. The average Bonchev–Trinajstić information content (AvgIpc) is 2.73. The van der Waals surface area contributed by atoms with Gasteiger partial charge in [-0.3, -0.25) is 4.79 Å². The molecule has 1 heterocycles. The lowest BCUT2D eigenvalue weighted by Crippen LogP contribution is -2.54. The van der Waals surface area contributed by atoms with E-state index in [1.165, 1.54) is 6.42 Å². The lowest BCUT2D eigenvalue weighted by Gasteiger charge is -2.31. The molecule has 0 atom stereocenters. The van der Waals surface area contributed by atoms with Crippen molar-refractivity contribution >= 4 is 33.2 Å². The number of carbonyl (C=O) groups is 1. The Bertz CT molecular complexity index is 399. The van der Waals surface area contributed by atoms with Gasteiger partial charge in [-0.25, -0.2) is 0 Å². The first kappa shape index (κ1) is 13.1. The minimum atomic E-state index is -0.632. The minimum absolute atomic E-state index is 0.00159. The van der Waals surface area contributed by atoms with Crippen LogP contribution in [0.15, 0.2) is 15.9 Å². The highest BCUT2D eigenvalue weighted by atomic mass is 79.9. The van der Waals surface area contributed by atoms with Crippen LogP contribution in [-0.2, 0) is 11.3 Å². The molecule has 2 rings (SSSR count). The van der Waals surface area contributed by atoms with Crippen molar-refractivity contribution in [1.29, 1.82) is 0 Å². The molecule has 5 heteroatoms. The highest BCUT2D eigenvalue weighted by Crippen LogP contribution is 2.26. The third kappa shape index (κ3) is 3.30. The van der Waals surface area contributed by atoms with Gasteiger partial charge in [0.05, 0.1) is 15.9 Å². The van der Waals surface area contributed by atoms with E-state index < -0.39 is 5.54 Å². The number of amides is 1. The maximum Gasteiger partial charge on any atom is 0.240 e. The van der Waals surface area contributed by atoms with Crippen LogP contribution in [0.1, 0.15) is 37.0 Å². The molecule has 0 aliphatic heterocycles. The van der Waals surface area contributed by atoms with E-state index in [2.05, 4.69) is 21.2 Å². The Morgan fingerprint density at radius 3 is 2.71 bits per heavy atom. The molecule has 0 saturated heterocycles. The van der Waals surface area contributed by atoms with Gasteiger partial charge in [0.2, 0.25) is 5.91 Å². The van der Waals surface area contributed by atoms with Crippen LogP contribution in [0.2, 0.25) is 0 Å². The van der Waals surface area contributed by atoms with E-state index in [0.29, 0.717) is 6.54 Å². The van der Waals surface area contributed by atoms with Gasteiger partial charge in [-0.1, -0.05) is 19.3 Å². The third-order valence-electron chi connectivity index (χ3n) is 3.25. The van der Waals surface area contributed by atoms with Crippen molar-refractivity contribution in [2.75, 3.05) is 0 Å². The largest absolute Gasteiger partial charge is 0.350 e. The fraction of sp³-hybridized carbons (Fsp3) is 0.583. The monoisotopic (exact) mass is 316 g/mol. The van der Waals surface area contributed by atoms with E-state index in [-0.39, 0.29) is 5.91 Å². The number of hydrogen-bond donors (Lipinski definition) is 2. The number of thiophene rings is 1. The molecule has 3 nitrogen and oxygen atoms in total. The summed E-state index contributed by atoms with van der Waals surface area (Å²) in [5.41, 5.74) is 5.52. The lowest BCUT2D eigenvalue weighted by molar-refractivity contribution is -0.127. The number of nitrogens with one attached hydrogen (secondary N) is 1. The molecule has 0 aromatic carbocycles. The molecule has 1 saturated carbocycles. The SMILES string of the molecule is NC1(C(=O)NCc2ccc(Br)s2)CCCCC1. The third-order valence-corrected chi connectivity index (χ3v) is 4.87. The summed E-state index contributed by atoms with van der Waals surface area (Å²) in [7, 11) is 0. The van der Waals surface area contributed by atoms with Crippen LogP contribution < -0.4 is 11.1 Å². The minimum Gasteiger partial charge on any atom is -0.350 e. The van der Waals surface area contributed by atoms with Gasteiger partial charge in [0.1, 0.15) is 0 Å². The number of nitrogens with two attached hydrogens (primary N) is 1. The van der Waals surface area contributed by atoms with E-state index >= 15 is 0 Å². The Morgan fingerprint density at radius 1 is 1.41 bits per heavy atom. The summed E-state index contributed by atoms with van der Waals surface area (Å²) in [5, 5.41) is 2.95. The van der Waals surface area contributed by atoms with E-state index in [9.17, 15) is 4.79 Å². The van der Waals surface area contributed by atoms with Crippen molar-refractivity contribution in [3.63, 3.8) is 0 Å². The Hall–Kier alpha value is -0.390. The molecule has 0 spiro atoms. The average molecular weight is 317 g/mol. The molecule has 0 unspecified atom stereocenters. The zero-order valence-electron chi connectivity index (χ0n) is 9.67. The fourth-order valence-corrected chi connectivity index (χ4v) is 3.62. The Kier molecular flexibility index (Phi) is 4.22. The summed E-state index contributed by atoms with van der Waals surface area (Å²) < 4.78 is 1.09. The molecular weight excluding hydrogens is 300 g/mol. The standard InChI is InChI=1S/C12H17BrN2OS/c13-10-5-4-9(17-10)8-15-11(16)12(14)6-2-1-3-7-12/h4-5H,1-3,6-8,14H2,(H,15,16). The number of carbonyl (C=O) groups excluding carboxylic acids is 1. The first-order valence-corrected chi connectivity index (χ1v) is 7.52. The molecule has 1 aromatic rings. The number of rotatable bonds is 3. The second kappa shape index (κ2) is 5.50. The van der Waals surface area contributed by atoms with E-state index in [1.807, 2.05) is 12.1 Å². The van der Waals surface area contributed by atoms with Gasteiger partial charge in [0.25, 0.3) is 0 Å². The van der Waals surface area contributed by atoms with Crippen LogP contribution in [0.4, 0.5) is 0 Å². The highest BCUT2D eigenvalue weighted by molar-refractivity contribution is 9.11. The smallest absolute Gasteiger partial charge is 0.240 e. The van der Waals surface area contributed by atoms with Crippen LogP contribution in [0, 0.1) is 0 Å². The maximum absolute atomic E-state index is 12.1. The van der Waals surface area contributed by atoms with E-state index in [4.69, 9.17) is 5.73 Å². The zero-order valence-corrected chi connectivity index (χ0v) is 12.1. The van der Waals surface area contributed by atoms with E-state index in [1.54, 1.807) is 11.3 Å². The summed E-state index contributed by atoms with van der Waals surface area (Å²) in [6.07, 6.45) is 4.95. The van der Waals surface area contributed by atoms with Crippen LogP contribution in [0.3, 0.4) is 0 Å². The van der Waals surface area contributed by atoms with E-state index in [0.717, 1.165) is 34.3 Å². The van der Waals surface area contributed by atoms with Gasteiger partial charge in [-0.2, -0.15) is 0 Å². The van der Waals surface area contributed by atoms with Crippen molar-refractivity contribution in [1.82, 2.24) is 5.32 Å². The quantitative estimate of drug-likeness (QED) is 0.901. The molecule has 0 bridgehead atoms. The predicted octanol–water partition coefficient (Wildman–Crippen LogP) is 2.79. The van der Waals surface area contributed by atoms with Crippen LogP contribution in [0.5, 0.6) is 0 Å². The summed E-state index contributed by atoms with van der Waals surface area (Å²) in [6.45, 7) is 0.577. The lowest BCUT2D eigenvalue weighted by atomic mass is 9.82. The number of hydrogen-bond acceptors (Lipinski definition) is 3. The van der Waals surface area contributed by atoms with Crippen LogP contribution in [-0.4, -0.2) is 11.4 Å². The second-order valence-corrected chi connectivity index (χ2v) is 7.15. The van der Waals surface area contributed by atoms with Crippen molar-refractivity contribution in [3.8, 4) is 0 Å². The molecular formula is C12H17BrN2OS. The molecule has 1 aromatic heterocycles. The van der Waals surface area contributed by atoms with Gasteiger partial charge in [0, 0.05) is 4.88 Å². The summed E-state index contributed by atoms with van der Waals surface area (Å²) in [6, 6.07) is 4.00. The molecule has 17 heavy (non-hydrogen) atoms. The topological polar surface area (TPSA) is 55.1 Å². The Labute approximate surface area is 114 Å². The van der Waals surface area contributed by atoms with Gasteiger partial charge in [0.15, 0.2) is 0 Å². The second-order valence-electron chi connectivity index (χ2n) is 4.61. The summed E-state index contributed by atoms with van der Waals surface area (Å²) >= 11 is 5.04. The van der Waals surface area contributed by atoms with Crippen molar-refractivity contribution in [3.05, 3.63) is 20.8 Å². The molecule has 1 fully saturated rings. The van der Waals surface area contributed by atoms with Crippen molar-refractivity contribution < 1.29 is 4.79 Å². The van der Waals surface area contributed by atoms with Crippen molar-refractivity contribution in [2.24, 2.45) is 5.73 Å². The molecule has 1 amide bonds. The van der Waals surface area contributed by atoms with Crippen molar-refractivity contribution in [2.45, 2.75) is 44.2 Å². The number of halogens is 1. The molecule has 1 aliphatic rings. The van der Waals surface area contributed by atoms with Gasteiger partial charge >= 0.3 is 0 Å². The predicted molar refractivity (Wildman–Crippen MR) is 73.9 cm³/mol. The Balaban J connectivity index is 1.88. The summed E-state index contributed by atoms with van der Waals surface area (Å²) in [5.74, 6) is 0.00159. The molecule has 0 radical (unpaired) electrons. The van der Waals surface area contributed by atoms with Crippen LogP contribution in [0.25, 0.3) is 0 Å². The molecule has 94 valence electrons.